The molecule has 5 nitrogen and oxygen atoms in total. The lowest BCUT2D eigenvalue weighted by atomic mass is 10.1. The molecule has 0 unspecified atom stereocenters. The number of likely N-dealkylation sites (tertiary alicyclic amines) is 1. The van der Waals surface area contributed by atoms with Crippen LogP contribution >= 0.6 is 0 Å². The van der Waals surface area contributed by atoms with Crippen LogP contribution in [0.5, 0.6) is 0 Å². The van der Waals surface area contributed by atoms with Crippen LogP contribution in [0, 0.1) is 0 Å². The van der Waals surface area contributed by atoms with Gasteiger partial charge in [-0.2, -0.15) is 0 Å². The topological polar surface area (TPSA) is 62.6 Å². The van der Waals surface area contributed by atoms with E-state index >= 15 is 0 Å². The average Bonchev–Trinajstić information content (AvgIpc) is 2.83. The largest absolute Gasteiger partial charge is 0.460 e. The molecule has 0 spiro atoms. The number of rotatable bonds is 6. The number of nitrogens with one attached hydrogen (secondary N) is 1. The number of hydrogen-bond donors (Lipinski definition) is 1. The van der Waals surface area contributed by atoms with Crippen LogP contribution in [0.25, 0.3) is 17.0 Å². The SMILES string of the molecule is CCc1oc2ccccc2c1/C=C/C(=O)NCCC(=O)N1CCCCCC1. The van der Waals surface area contributed by atoms with Gasteiger partial charge in [0.05, 0.1) is 0 Å². The Morgan fingerprint density at radius 2 is 1.89 bits per heavy atom. The Morgan fingerprint density at radius 1 is 1.15 bits per heavy atom. The molecule has 3 rings (SSSR count). The number of amides is 2. The summed E-state index contributed by atoms with van der Waals surface area (Å²) in [4.78, 5) is 26.3. The fourth-order valence-electron chi connectivity index (χ4n) is 3.55. The van der Waals surface area contributed by atoms with Gasteiger partial charge in [0.15, 0.2) is 0 Å². The van der Waals surface area contributed by atoms with Crippen LogP contribution in [0.3, 0.4) is 0 Å². The fraction of sp³-hybridized carbons (Fsp3) is 0.455. The van der Waals surface area contributed by atoms with E-state index in [2.05, 4.69) is 5.32 Å². The molecular weight excluding hydrogens is 340 g/mol. The molecule has 2 aromatic rings. The Hall–Kier alpha value is -2.56. The van der Waals surface area contributed by atoms with Gasteiger partial charge in [0.1, 0.15) is 11.3 Å². The maximum atomic E-state index is 12.3. The summed E-state index contributed by atoms with van der Waals surface area (Å²) in [5, 5.41) is 3.82. The maximum Gasteiger partial charge on any atom is 0.244 e. The van der Waals surface area contributed by atoms with Crippen molar-refractivity contribution in [2.24, 2.45) is 0 Å². The highest BCUT2D eigenvalue weighted by atomic mass is 16.3. The first-order valence-corrected chi connectivity index (χ1v) is 9.93. The number of fused-ring (bicyclic) bond motifs is 1. The number of benzene rings is 1. The van der Waals surface area contributed by atoms with E-state index in [1.165, 1.54) is 18.9 Å². The summed E-state index contributed by atoms with van der Waals surface area (Å²) in [6.45, 7) is 4.09. The van der Waals surface area contributed by atoms with Crippen molar-refractivity contribution in [3.8, 4) is 0 Å². The second kappa shape index (κ2) is 9.40. The lowest BCUT2D eigenvalue weighted by Crippen LogP contribution is -2.34. The van der Waals surface area contributed by atoms with Crippen LogP contribution in [0.4, 0.5) is 0 Å². The van der Waals surface area contributed by atoms with Crippen molar-refractivity contribution in [3.63, 3.8) is 0 Å². The number of nitrogens with zero attached hydrogens (tertiary/aromatic N) is 1. The van der Waals surface area contributed by atoms with Crippen molar-refractivity contribution in [2.75, 3.05) is 19.6 Å². The van der Waals surface area contributed by atoms with Crippen molar-refractivity contribution in [3.05, 3.63) is 41.7 Å². The second-order valence-corrected chi connectivity index (χ2v) is 6.96. The molecule has 2 heterocycles. The van der Waals surface area contributed by atoms with E-state index in [1.807, 2.05) is 36.1 Å². The summed E-state index contributed by atoms with van der Waals surface area (Å²) < 4.78 is 5.84. The van der Waals surface area contributed by atoms with Gasteiger partial charge in [-0.1, -0.05) is 38.0 Å². The molecule has 1 aromatic carbocycles. The fourth-order valence-corrected chi connectivity index (χ4v) is 3.55. The zero-order chi connectivity index (χ0) is 19.1. The van der Waals surface area contributed by atoms with Crippen molar-refractivity contribution in [2.45, 2.75) is 45.4 Å². The van der Waals surface area contributed by atoms with Gasteiger partial charge in [-0.3, -0.25) is 9.59 Å². The van der Waals surface area contributed by atoms with Crippen LogP contribution in [-0.4, -0.2) is 36.3 Å². The number of furan rings is 1. The Kier molecular flexibility index (Phi) is 6.69. The summed E-state index contributed by atoms with van der Waals surface area (Å²) >= 11 is 0. The van der Waals surface area contributed by atoms with Crippen LogP contribution in [0.15, 0.2) is 34.8 Å². The molecule has 0 saturated carbocycles. The van der Waals surface area contributed by atoms with Gasteiger partial charge < -0.3 is 14.6 Å². The van der Waals surface area contributed by atoms with Crippen molar-refractivity contribution >= 4 is 28.9 Å². The third kappa shape index (κ3) is 5.00. The minimum absolute atomic E-state index is 0.135. The predicted octanol–water partition coefficient (Wildman–Crippen LogP) is 3.92. The summed E-state index contributed by atoms with van der Waals surface area (Å²) in [5.74, 6) is 0.817. The van der Waals surface area contributed by atoms with Gasteiger partial charge in [0, 0.05) is 49.5 Å². The smallest absolute Gasteiger partial charge is 0.244 e. The molecule has 0 aliphatic carbocycles. The van der Waals surface area contributed by atoms with Gasteiger partial charge >= 0.3 is 0 Å². The lowest BCUT2D eigenvalue weighted by Gasteiger charge is -2.20. The van der Waals surface area contributed by atoms with E-state index in [-0.39, 0.29) is 11.8 Å². The predicted molar refractivity (Wildman–Crippen MR) is 107 cm³/mol. The summed E-state index contributed by atoms with van der Waals surface area (Å²) in [6.07, 6.45) is 9.01. The van der Waals surface area contributed by atoms with E-state index in [0.29, 0.717) is 13.0 Å². The lowest BCUT2D eigenvalue weighted by molar-refractivity contribution is -0.131. The molecule has 0 atom stereocenters. The molecule has 1 fully saturated rings. The van der Waals surface area contributed by atoms with E-state index in [4.69, 9.17) is 4.42 Å². The highest BCUT2D eigenvalue weighted by Gasteiger charge is 2.15. The molecule has 1 aliphatic rings. The van der Waals surface area contributed by atoms with Crippen LogP contribution in [0.2, 0.25) is 0 Å². The number of carbonyl (C=O) groups is 2. The zero-order valence-corrected chi connectivity index (χ0v) is 16.0. The Labute approximate surface area is 160 Å². The van der Waals surface area contributed by atoms with E-state index in [9.17, 15) is 9.59 Å². The Bertz CT molecular complexity index is 814. The quantitative estimate of drug-likeness (QED) is 0.786. The molecular formula is C22H28N2O3. The maximum absolute atomic E-state index is 12.3. The Balaban J connectivity index is 1.53. The number of hydrogen-bond acceptors (Lipinski definition) is 3. The third-order valence-corrected chi connectivity index (χ3v) is 5.03. The number of para-hydroxylation sites is 1. The molecule has 1 saturated heterocycles. The first-order chi connectivity index (χ1) is 13.2. The van der Waals surface area contributed by atoms with Gasteiger partial charge in [-0.05, 0) is 25.0 Å². The molecule has 1 N–H and O–H groups in total. The van der Waals surface area contributed by atoms with Gasteiger partial charge in [-0.15, -0.1) is 0 Å². The molecule has 0 bridgehead atoms. The van der Waals surface area contributed by atoms with E-state index < -0.39 is 0 Å². The van der Waals surface area contributed by atoms with E-state index in [1.54, 1.807) is 6.08 Å². The van der Waals surface area contributed by atoms with Crippen LogP contribution in [0.1, 0.15) is 50.4 Å². The molecule has 27 heavy (non-hydrogen) atoms. The first kappa shape index (κ1) is 19.2. The highest BCUT2D eigenvalue weighted by Crippen LogP contribution is 2.27. The molecule has 1 aromatic heterocycles. The summed E-state index contributed by atoms with van der Waals surface area (Å²) in [6, 6.07) is 7.83. The highest BCUT2D eigenvalue weighted by molar-refractivity contribution is 5.96. The van der Waals surface area contributed by atoms with Crippen LogP contribution < -0.4 is 5.32 Å². The second-order valence-electron chi connectivity index (χ2n) is 6.96. The number of aryl methyl sites for hydroxylation is 1. The standard InChI is InChI=1S/C22H28N2O3/c1-2-19-18(17-9-5-6-10-20(17)27-19)11-12-21(25)23-14-13-22(26)24-15-7-3-4-8-16-24/h5-6,9-12H,2-4,7-8,13-16H2,1H3,(H,23,25)/b12-11+. The average molecular weight is 368 g/mol. The molecule has 5 heteroatoms. The number of carbonyl (C=O) groups excluding carboxylic acids is 2. The summed E-state index contributed by atoms with van der Waals surface area (Å²) in [5.41, 5.74) is 1.78. The van der Waals surface area contributed by atoms with Crippen molar-refractivity contribution in [1.29, 1.82) is 0 Å². The molecule has 144 valence electrons. The van der Waals surface area contributed by atoms with Crippen LogP contribution in [-0.2, 0) is 16.0 Å². The van der Waals surface area contributed by atoms with Gasteiger partial charge in [-0.25, -0.2) is 0 Å². The molecule has 1 aliphatic heterocycles. The van der Waals surface area contributed by atoms with Gasteiger partial charge in [0.2, 0.25) is 11.8 Å². The minimum atomic E-state index is -0.189. The minimum Gasteiger partial charge on any atom is -0.460 e. The monoisotopic (exact) mass is 368 g/mol. The Morgan fingerprint density at radius 3 is 2.63 bits per heavy atom. The molecule has 2 amide bonds. The van der Waals surface area contributed by atoms with E-state index in [0.717, 1.165) is 54.6 Å². The van der Waals surface area contributed by atoms with Gasteiger partial charge in [0.25, 0.3) is 0 Å². The normalized spacial score (nSPS) is 15.2. The third-order valence-electron chi connectivity index (χ3n) is 5.03. The zero-order valence-electron chi connectivity index (χ0n) is 16.0. The summed E-state index contributed by atoms with van der Waals surface area (Å²) in [7, 11) is 0. The van der Waals surface area contributed by atoms with Crippen molar-refractivity contribution < 1.29 is 14.0 Å². The molecule has 0 radical (unpaired) electrons. The first-order valence-electron chi connectivity index (χ1n) is 9.93. The van der Waals surface area contributed by atoms with Crippen molar-refractivity contribution in [1.82, 2.24) is 10.2 Å².